The number of thioether (sulfide) groups is 1. The number of fused-ring (bicyclic) bond motifs is 1. The third-order valence-electron chi connectivity index (χ3n) is 3.13. The molecule has 0 aliphatic rings. The first-order valence-corrected chi connectivity index (χ1v) is 7.62. The standard InChI is InChI=1S/C17H13FO2S/c1-2-21-14-6-3-11(4-7-14)17(19)16-10-12-9-13(18)5-8-15(12)20-16/h3-10H,2H2,1H3. The van der Waals surface area contributed by atoms with Gasteiger partial charge in [0.2, 0.25) is 5.78 Å². The van der Waals surface area contributed by atoms with Crippen molar-refractivity contribution in [3.8, 4) is 0 Å². The zero-order chi connectivity index (χ0) is 14.8. The Labute approximate surface area is 126 Å². The quantitative estimate of drug-likeness (QED) is 0.506. The van der Waals surface area contributed by atoms with E-state index in [0.29, 0.717) is 16.5 Å². The minimum absolute atomic E-state index is 0.195. The van der Waals surface area contributed by atoms with Crippen LogP contribution >= 0.6 is 11.8 Å². The smallest absolute Gasteiger partial charge is 0.228 e. The van der Waals surface area contributed by atoms with Gasteiger partial charge in [-0.1, -0.05) is 6.92 Å². The van der Waals surface area contributed by atoms with E-state index in [4.69, 9.17) is 4.42 Å². The Balaban J connectivity index is 1.92. The van der Waals surface area contributed by atoms with Gasteiger partial charge in [-0.15, -0.1) is 11.8 Å². The number of hydrogen-bond acceptors (Lipinski definition) is 3. The number of rotatable bonds is 4. The lowest BCUT2D eigenvalue weighted by Crippen LogP contribution is -1.98. The molecule has 0 radical (unpaired) electrons. The fraction of sp³-hybridized carbons (Fsp3) is 0.118. The van der Waals surface area contributed by atoms with E-state index >= 15 is 0 Å². The molecule has 0 saturated carbocycles. The molecule has 0 spiro atoms. The number of ketones is 1. The SMILES string of the molecule is CCSc1ccc(C(=O)c2cc3cc(F)ccc3o2)cc1. The Bertz CT molecular complexity index is 790. The van der Waals surface area contributed by atoms with Gasteiger partial charge >= 0.3 is 0 Å². The lowest BCUT2D eigenvalue weighted by molar-refractivity contribution is 0.101. The third-order valence-corrected chi connectivity index (χ3v) is 4.02. The van der Waals surface area contributed by atoms with E-state index < -0.39 is 0 Å². The van der Waals surface area contributed by atoms with E-state index in [2.05, 4.69) is 6.92 Å². The summed E-state index contributed by atoms with van der Waals surface area (Å²) in [7, 11) is 0. The topological polar surface area (TPSA) is 30.2 Å². The molecule has 0 amide bonds. The molecule has 2 aromatic carbocycles. The molecule has 2 nitrogen and oxygen atoms in total. The van der Waals surface area contributed by atoms with Crippen LogP contribution in [0.15, 0.2) is 57.8 Å². The van der Waals surface area contributed by atoms with Crippen molar-refractivity contribution in [3.63, 3.8) is 0 Å². The van der Waals surface area contributed by atoms with Crippen LogP contribution in [0.1, 0.15) is 23.0 Å². The minimum Gasteiger partial charge on any atom is -0.453 e. The van der Waals surface area contributed by atoms with Crippen LogP contribution in [0.5, 0.6) is 0 Å². The Kier molecular flexibility index (Phi) is 3.80. The van der Waals surface area contributed by atoms with Gasteiger partial charge < -0.3 is 4.42 Å². The first-order chi connectivity index (χ1) is 10.2. The van der Waals surface area contributed by atoms with Gasteiger partial charge in [0.25, 0.3) is 0 Å². The fourth-order valence-corrected chi connectivity index (χ4v) is 2.80. The molecule has 0 atom stereocenters. The number of halogens is 1. The summed E-state index contributed by atoms with van der Waals surface area (Å²) in [6, 6.07) is 13.2. The molecular weight excluding hydrogens is 287 g/mol. The van der Waals surface area contributed by atoms with E-state index in [0.717, 1.165) is 10.6 Å². The largest absolute Gasteiger partial charge is 0.453 e. The van der Waals surface area contributed by atoms with Crippen molar-refractivity contribution in [3.05, 3.63) is 65.7 Å². The molecule has 0 N–H and O–H groups in total. The van der Waals surface area contributed by atoms with Gasteiger partial charge in [0, 0.05) is 15.8 Å². The average molecular weight is 300 g/mol. The van der Waals surface area contributed by atoms with Crippen LogP contribution in [0, 0.1) is 5.82 Å². The highest BCUT2D eigenvalue weighted by Gasteiger charge is 2.14. The molecule has 0 aliphatic heterocycles. The van der Waals surface area contributed by atoms with Crippen molar-refractivity contribution in [2.45, 2.75) is 11.8 Å². The molecule has 0 bridgehead atoms. The van der Waals surface area contributed by atoms with Gasteiger partial charge in [0.15, 0.2) is 5.76 Å². The Morgan fingerprint density at radius 3 is 2.62 bits per heavy atom. The second kappa shape index (κ2) is 5.74. The van der Waals surface area contributed by atoms with E-state index in [1.165, 1.54) is 18.2 Å². The maximum atomic E-state index is 13.2. The van der Waals surface area contributed by atoms with Crippen LogP contribution in [0.25, 0.3) is 11.0 Å². The van der Waals surface area contributed by atoms with E-state index in [1.54, 1.807) is 30.0 Å². The number of carbonyl (C=O) groups excluding carboxylic acids is 1. The minimum atomic E-state index is -0.344. The molecule has 1 aromatic heterocycles. The molecule has 0 unspecified atom stereocenters. The molecule has 0 saturated heterocycles. The lowest BCUT2D eigenvalue weighted by atomic mass is 10.1. The van der Waals surface area contributed by atoms with Gasteiger partial charge in [-0.2, -0.15) is 0 Å². The number of benzene rings is 2. The zero-order valence-corrected chi connectivity index (χ0v) is 12.2. The van der Waals surface area contributed by atoms with Crippen molar-refractivity contribution in [1.82, 2.24) is 0 Å². The van der Waals surface area contributed by atoms with E-state index in [1.807, 2.05) is 12.1 Å². The molecule has 3 aromatic rings. The molecule has 21 heavy (non-hydrogen) atoms. The zero-order valence-electron chi connectivity index (χ0n) is 11.4. The molecule has 106 valence electrons. The fourth-order valence-electron chi connectivity index (χ4n) is 2.14. The Morgan fingerprint density at radius 1 is 1.14 bits per heavy atom. The first kappa shape index (κ1) is 13.9. The van der Waals surface area contributed by atoms with Crippen LogP contribution in [0.2, 0.25) is 0 Å². The Hall–Kier alpha value is -2.07. The highest BCUT2D eigenvalue weighted by Crippen LogP contribution is 2.24. The summed E-state index contributed by atoms with van der Waals surface area (Å²) in [5.41, 5.74) is 1.08. The van der Waals surface area contributed by atoms with Crippen molar-refractivity contribution in [2.24, 2.45) is 0 Å². The van der Waals surface area contributed by atoms with Crippen LogP contribution in [0.3, 0.4) is 0 Å². The number of carbonyl (C=O) groups is 1. The van der Waals surface area contributed by atoms with E-state index in [9.17, 15) is 9.18 Å². The molecule has 3 rings (SSSR count). The summed E-state index contributed by atoms with van der Waals surface area (Å²) in [6.45, 7) is 2.08. The second-order valence-electron chi connectivity index (χ2n) is 4.58. The van der Waals surface area contributed by atoms with Gasteiger partial charge in [-0.25, -0.2) is 4.39 Å². The summed E-state index contributed by atoms with van der Waals surface area (Å²) in [4.78, 5) is 13.5. The third kappa shape index (κ3) is 2.85. The highest BCUT2D eigenvalue weighted by molar-refractivity contribution is 7.99. The van der Waals surface area contributed by atoms with Gasteiger partial charge in [0.1, 0.15) is 11.4 Å². The number of furan rings is 1. The second-order valence-corrected chi connectivity index (χ2v) is 5.92. The summed E-state index contributed by atoms with van der Waals surface area (Å²) >= 11 is 1.72. The Morgan fingerprint density at radius 2 is 1.90 bits per heavy atom. The summed E-state index contributed by atoms with van der Waals surface area (Å²) in [5, 5.41) is 0.594. The highest BCUT2D eigenvalue weighted by atomic mass is 32.2. The van der Waals surface area contributed by atoms with Gasteiger partial charge in [-0.05, 0) is 54.3 Å². The van der Waals surface area contributed by atoms with Crippen molar-refractivity contribution < 1.29 is 13.6 Å². The first-order valence-electron chi connectivity index (χ1n) is 6.64. The monoisotopic (exact) mass is 300 g/mol. The normalized spacial score (nSPS) is 11.0. The van der Waals surface area contributed by atoms with Crippen LogP contribution in [0.4, 0.5) is 4.39 Å². The lowest BCUT2D eigenvalue weighted by Gasteiger charge is -2.00. The predicted octanol–water partition coefficient (Wildman–Crippen LogP) is 4.91. The molecular formula is C17H13FO2S. The molecule has 0 aliphatic carbocycles. The predicted molar refractivity (Wildman–Crippen MR) is 82.4 cm³/mol. The average Bonchev–Trinajstić information content (AvgIpc) is 2.90. The van der Waals surface area contributed by atoms with Crippen LogP contribution in [-0.2, 0) is 0 Å². The van der Waals surface area contributed by atoms with E-state index in [-0.39, 0.29) is 17.4 Å². The van der Waals surface area contributed by atoms with Crippen LogP contribution < -0.4 is 0 Å². The number of hydrogen-bond donors (Lipinski definition) is 0. The van der Waals surface area contributed by atoms with Gasteiger partial charge in [0.05, 0.1) is 0 Å². The van der Waals surface area contributed by atoms with Crippen LogP contribution in [-0.4, -0.2) is 11.5 Å². The van der Waals surface area contributed by atoms with Gasteiger partial charge in [-0.3, -0.25) is 4.79 Å². The maximum Gasteiger partial charge on any atom is 0.228 e. The van der Waals surface area contributed by atoms with Crippen molar-refractivity contribution in [1.29, 1.82) is 0 Å². The van der Waals surface area contributed by atoms with Crippen molar-refractivity contribution >= 4 is 28.5 Å². The molecule has 0 fully saturated rings. The summed E-state index contributed by atoms with van der Waals surface area (Å²) in [5.74, 6) is 0.678. The van der Waals surface area contributed by atoms with Crippen molar-refractivity contribution in [2.75, 3.05) is 5.75 Å². The molecule has 1 heterocycles. The summed E-state index contributed by atoms with van der Waals surface area (Å²) in [6.07, 6.45) is 0. The molecule has 4 heteroatoms. The summed E-state index contributed by atoms with van der Waals surface area (Å²) < 4.78 is 18.7. The maximum absolute atomic E-state index is 13.2.